The second-order valence-corrected chi connectivity index (χ2v) is 5.98. The molecule has 1 aromatic heterocycles. The van der Waals surface area contributed by atoms with Gasteiger partial charge >= 0.3 is 0 Å². The van der Waals surface area contributed by atoms with Crippen molar-refractivity contribution < 1.29 is 4.79 Å². The Hall–Kier alpha value is -0.910. The minimum atomic E-state index is -0.197. The average molecular weight is 404 g/mol. The molecule has 1 aromatic carbocycles. The zero-order chi connectivity index (χ0) is 14.0. The van der Waals surface area contributed by atoms with Crippen LogP contribution in [0.15, 0.2) is 39.4 Å². The Morgan fingerprint density at radius 3 is 2.63 bits per heavy atom. The molecule has 19 heavy (non-hydrogen) atoms. The van der Waals surface area contributed by atoms with E-state index in [1.54, 1.807) is 18.2 Å². The number of aryl methyl sites for hydroxylation is 1. The summed E-state index contributed by atoms with van der Waals surface area (Å²) in [4.78, 5) is 16.0. The summed E-state index contributed by atoms with van der Waals surface area (Å²) in [5, 5.41) is 3.12. The highest BCUT2D eigenvalue weighted by atomic mass is 79.9. The molecule has 0 saturated carbocycles. The molecule has 0 radical (unpaired) electrons. The smallest absolute Gasteiger partial charge is 0.255 e. The van der Waals surface area contributed by atoms with Gasteiger partial charge in [-0.1, -0.05) is 33.6 Å². The van der Waals surface area contributed by atoms with Crippen molar-refractivity contribution >= 4 is 55.1 Å². The monoisotopic (exact) mass is 402 g/mol. The number of hydrogen-bond donors (Lipinski definition) is 1. The van der Waals surface area contributed by atoms with Crippen molar-refractivity contribution in [2.24, 2.45) is 0 Å². The minimum Gasteiger partial charge on any atom is -0.321 e. The Bertz CT molecular complexity index is 647. The van der Waals surface area contributed by atoms with Crippen LogP contribution in [0.4, 0.5) is 5.69 Å². The molecule has 2 aromatic rings. The first kappa shape index (κ1) is 14.5. The van der Waals surface area contributed by atoms with Gasteiger partial charge in [0.1, 0.15) is 5.15 Å². The minimum absolute atomic E-state index is 0.197. The summed E-state index contributed by atoms with van der Waals surface area (Å²) in [6.45, 7) is 1.96. The van der Waals surface area contributed by atoms with Gasteiger partial charge in [-0.2, -0.15) is 0 Å². The molecule has 0 aliphatic rings. The zero-order valence-electron chi connectivity index (χ0n) is 9.88. The normalized spacial score (nSPS) is 10.3. The first-order valence-corrected chi connectivity index (χ1v) is 7.32. The van der Waals surface area contributed by atoms with Gasteiger partial charge in [-0.05, 0) is 46.6 Å². The summed E-state index contributed by atoms with van der Waals surface area (Å²) in [7, 11) is 0. The van der Waals surface area contributed by atoms with Gasteiger partial charge in [0.05, 0.1) is 16.4 Å². The number of carbonyl (C=O) groups excluding carboxylic acids is 1. The highest BCUT2D eigenvalue weighted by Crippen LogP contribution is 2.23. The lowest BCUT2D eigenvalue weighted by Crippen LogP contribution is -2.12. The van der Waals surface area contributed by atoms with E-state index in [2.05, 4.69) is 42.2 Å². The molecule has 1 amide bonds. The van der Waals surface area contributed by atoms with E-state index in [1.807, 2.05) is 13.0 Å². The summed E-state index contributed by atoms with van der Waals surface area (Å²) < 4.78 is 1.53. The van der Waals surface area contributed by atoms with Crippen LogP contribution in [0.3, 0.4) is 0 Å². The van der Waals surface area contributed by atoms with E-state index in [0.29, 0.717) is 20.9 Å². The van der Waals surface area contributed by atoms with Crippen LogP contribution in [0.25, 0.3) is 0 Å². The summed E-state index contributed by atoms with van der Waals surface area (Å²) in [5.74, 6) is -0.197. The van der Waals surface area contributed by atoms with Crippen molar-refractivity contribution in [1.82, 2.24) is 4.98 Å². The number of rotatable bonds is 2. The molecule has 98 valence electrons. The summed E-state index contributed by atoms with van der Waals surface area (Å²) in [5.41, 5.74) is 2.23. The predicted molar refractivity (Wildman–Crippen MR) is 83.8 cm³/mol. The van der Waals surface area contributed by atoms with E-state index < -0.39 is 0 Å². The van der Waals surface area contributed by atoms with Crippen LogP contribution in [0.1, 0.15) is 15.9 Å². The van der Waals surface area contributed by atoms with Gasteiger partial charge in [0.25, 0.3) is 5.91 Å². The quantitative estimate of drug-likeness (QED) is 0.729. The van der Waals surface area contributed by atoms with E-state index in [-0.39, 0.29) is 5.91 Å². The standard InChI is InChI=1S/C13H9Br2ClN2O/c1-7-2-3-8(4-10(7)14)13(19)18-9-5-11(15)12(16)17-6-9/h2-6H,1H3,(H,18,19). The molecule has 0 aliphatic carbocycles. The van der Waals surface area contributed by atoms with Crippen LogP contribution in [-0.4, -0.2) is 10.9 Å². The second-order valence-electron chi connectivity index (χ2n) is 3.91. The molecule has 1 N–H and O–H groups in total. The lowest BCUT2D eigenvalue weighted by Gasteiger charge is -2.07. The summed E-state index contributed by atoms with van der Waals surface area (Å²) in [6, 6.07) is 7.14. The van der Waals surface area contributed by atoms with Crippen molar-refractivity contribution in [3.8, 4) is 0 Å². The van der Waals surface area contributed by atoms with E-state index in [4.69, 9.17) is 11.6 Å². The summed E-state index contributed by atoms with van der Waals surface area (Å²) in [6.07, 6.45) is 1.51. The number of nitrogens with zero attached hydrogens (tertiary/aromatic N) is 1. The van der Waals surface area contributed by atoms with Crippen molar-refractivity contribution in [3.05, 3.63) is 55.7 Å². The van der Waals surface area contributed by atoms with E-state index >= 15 is 0 Å². The van der Waals surface area contributed by atoms with Gasteiger partial charge < -0.3 is 5.32 Å². The van der Waals surface area contributed by atoms with Crippen LogP contribution in [0.5, 0.6) is 0 Å². The van der Waals surface area contributed by atoms with Crippen LogP contribution < -0.4 is 5.32 Å². The molecule has 0 unspecified atom stereocenters. The van der Waals surface area contributed by atoms with Gasteiger partial charge in [-0.25, -0.2) is 4.98 Å². The number of benzene rings is 1. The molecular weight excluding hydrogens is 395 g/mol. The largest absolute Gasteiger partial charge is 0.321 e. The maximum absolute atomic E-state index is 12.1. The van der Waals surface area contributed by atoms with Gasteiger partial charge in [0.15, 0.2) is 0 Å². The van der Waals surface area contributed by atoms with Crippen molar-refractivity contribution in [3.63, 3.8) is 0 Å². The van der Waals surface area contributed by atoms with Crippen LogP contribution in [0.2, 0.25) is 5.15 Å². The SMILES string of the molecule is Cc1ccc(C(=O)Nc2cnc(Cl)c(Br)c2)cc1Br. The van der Waals surface area contributed by atoms with Gasteiger partial charge in [-0.3, -0.25) is 4.79 Å². The third kappa shape index (κ3) is 3.55. The molecule has 3 nitrogen and oxygen atoms in total. The second kappa shape index (κ2) is 6.03. The van der Waals surface area contributed by atoms with Crippen LogP contribution in [0, 0.1) is 6.92 Å². The number of amides is 1. The fourth-order valence-corrected chi connectivity index (χ4v) is 2.26. The maximum Gasteiger partial charge on any atom is 0.255 e. The van der Waals surface area contributed by atoms with Crippen molar-refractivity contribution in [1.29, 1.82) is 0 Å². The topological polar surface area (TPSA) is 42.0 Å². The third-order valence-corrected chi connectivity index (χ3v) is 4.48. The average Bonchev–Trinajstić information content (AvgIpc) is 2.37. The zero-order valence-corrected chi connectivity index (χ0v) is 13.8. The van der Waals surface area contributed by atoms with Crippen molar-refractivity contribution in [2.75, 3.05) is 5.32 Å². The lowest BCUT2D eigenvalue weighted by atomic mass is 10.1. The Labute approximate surface area is 132 Å². The first-order chi connectivity index (χ1) is 8.97. The number of pyridine rings is 1. The fraction of sp³-hybridized carbons (Fsp3) is 0.0769. The molecule has 0 atom stereocenters. The fourth-order valence-electron chi connectivity index (χ4n) is 1.43. The molecule has 2 rings (SSSR count). The molecule has 0 aliphatic heterocycles. The highest BCUT2D eigenvalue weighted by molar-refractivity contribution is 9.10. The van der Waals surface area contributed by atoms with E-state index in [0.717, 1.165) is 10.0 Å². The Kier molecular flexibility index (Phi) is 4.60. The molecule has 6 heteroatoms. The Morgan fingerprint density at radius 1 is 1.26 bits per heavy atom. The number of aromatic nitrogens is 1. The summed E-state index contributed by atoms with van der Waals surface area (Å²) >= 11 is 12.5. The molecule has 0 fully saturated rings. The van der Waals surface area contributed by atoms with Crippen LogP contribution >= 0.6 is 43.5 Å². The first-order valence-electron chi connectivity index (χ1n) is 5.36. The molecule has 1 heterocycles. The van der Waals surface area contributed by atoms with Gasteiger partial charge in [-0.15, -0.1) is 0 Å². The molecular formula is C13H9Br2ClN2O. The number of nitrogens with one attached hydrogen (secondary N) is 1. The van der Waals surface area contributed by atoms with E-state index in [9.17, 15) is 4.79 Å². The molecule has 0 spiro atoms. The lowest BCUT2D eigenvalue weighted by molar-refractivity contribution is 0.102. The Balaban J connectivity index is 2.20. The van der Waals surface area contributed by atoms with Gasteiger partial charge in [0, 0.05) is 10.0 Å². The van der Waals surface area contributed by atoms with Crippen molar-refractivity contribution in [2.45, 2.75) is 6.92 Å². The highest BCUT2D eigenvalue weighted by Gasteiger charge is 2.09. The Morgan fingerprint density at radius 2 is 2.00 bits per heavy atom. The maximum atomic E-state index is 12.1. The number of carbonyl (C=O) groups is 1. The van der Waals surface area contributed by atoms with Gasteiger partial charge in [0.2, 0.25) is 0 Å². The predicted octanol–water partition coefficient (Wildman–Crippen LogP) is 4.82. The van der Waals surface area contributed by atoms with Crippen LogP contribution in [-0.2, 0) is 0 Å². The number of hydrogen-bond acceptors (Lipinski definition) is 2. The number of halogens is 3. The van der Waals surface area contributed by atoms with E-state index in [1.165, 1.54) is 6.20 Å². The third-order valence-electron chi connectivity index (χ3n) is 2.49. The molecule has 0 saturated heterocycles. The molecule has 0 bridgehead atoms. The number of anilines is 1.